The van der Waals surface area contributed by atoms with Crippen LogP contribution in [-0.2, 0) is 14.3 Å². The lowest BCUT2D eigenvalue weighted by molar-refractivity contribution is -0.882. The molecule has 0 spiro atoms. The summed E-state index contributed by atoms with van der Waals surface area (Å²) in [7, 11) is 4.19. The minimum Gasteiger partial charge on any atom is -1.00 e. The van der Waals surface area contributed by atoms with E-state index in [2.05, 4.69) is 26.3 Å². The molecule has 264 valence electrons. The maximum atomic E-state index is 14.9. The zero-order chi connectivity index (χ0) is 32.3. The van der Waals surface area contributed by atoms with E-state index in [1.807, 2.05) is 4.90 Å². The van der Waals surface area contributed by atoms with E-state index in [9.17, 15) is 14.0 Å². The Bertz CT molecular complexity index is 1010. The van der Waals surface area contributed by atoms with Crippen molar-refractivity contribution in [2.24, 2.45) is 0 Å². The first-order valence-corrected chi connectivity index (χ1v) is 18.0. The van der Waals surface area contributed by atoms with Crippen molar-refractivity contribution in [2.45, 2.75) is 116 Å². The number of likely N-dealkylation sites (N-methyl/N-ethyl adjacent to an activating group) is 1. The van der Waals surface area contributed by atoms with E-state index in [0.29, 0.717) is 48.7 Å². The molecule has 2 saturated heterocycles. The molecule has 0 aliphatic carbocycles. The number of cyclic esters (lactones) is 1. The topological polar surface area (TPSA) is 71.1 Å². The van der Waals surface area contributed by atoms with Crippen molar-refractivity contribution < 1.29 is 40.3 Å². The van der Waals surface area contributed by atoms with Gasteiger partial charge in [0.1, 0.15) is 11.9 Å². The number of quaternary nitrogens is 1. The number of hydrogen-bond acceptors (Lipinski definition) is 5. The summed E-state index contributed by atoms with van der Waals surface area (Å²) < 4.78 is 26.3. The number of morpholine rings is 1. The molecule has 0 radical (unpaired) electrons. The van der Waals surface area contributed by atoms with Gasteiger partial charge in [0.15, 0.2) is 6.54 Å². The van der Waals surface area contributed by atoms with Gasteiger partial charge < -0.3 is 36.6 Å². The summed E-state index contributed by atoms with van der Waals surface area (Å²) in [4.78, 5) is 28.6. The molecule has 2 heterocycles. The van der Waals surface area contributed by atoms with Crippen molar-refractivity contribution in [3.8, 4) is 0 Å². The average molecular weight is 669 g/mol. The highest BCUT2D eigenvalue weighted by atomic mass is 35.5. The van der Waals surface area contributed by atoms with Gasteiger partial charge in [0, 0.05) is 13.1 Å². The molecule has 2 amide bonds. The number of anilines is 2. The van der Waals surface area contributed by atoms with Gasteiger partial charge in [-0.25, -0.2) is 9.18 Å². The van der Waals surface area contributed by atoms with Gasteiger partial charge in [-0.3, -0.25) is 9.69 Å². The van der Waals surface area contributed by atoms with E-state index in [4.69, 9.17) is 9.47 Å². The predicted octanol–water partition coefficient (Wildman–Crippen LogP) is 4.45. The molecule has 1 N–H and O–H groups in total. The van der Waals surface area contributed by atoms with Crippen LogP contribution in [0.1, 0.15) is 110 Å². The summed E-state index contributed by atoms with van der Waals surface area (Å²) in [6.45, 7) is 6.56. The summed E-state index contributed by atoms with van der Waals surface area (Å²) in [5.74, 6) is -0.421. The molecule has 2 aliphatic rings. The standard InChI is InChI=1S/C36H61FN4O4.ClH/c1-4-5-6-7-8-9-10-11-12-13-14-15-16-17-18-19-24-41(2,3)30-35(42)38-28-32-29-40(36(43)45-32)31-20-21-34(33(37)27-31)39-22-25-44-26-23-39;/h20-21,27,32H,4-19,22-26,28-30H2,1-3H3;1H/t32-;/m0./s1. The van der Waals surface area contributed by atoms with E-state index in [0.717, 1.165) is 13.0 Å². The van der Waals surface area contributed by atoms with E-state index < -0.39 is 12.2 Å². The lowest BCUT2D eigenvalue weighted by Crippen LogP contribution is -3.00. The first-order chi connectivity index (χ1) is 21.8. The van der Waals surface area contributed by atoms with Gasteiger partial charge >= 0.3 is 6.09 Å². The average Bonchev–Trinajstić information content (AvgIpc) is 3.40. The Hall–Kier alpha value is -2.10. The highest BCUT2D eigenvalue weighted by Gasteiger charge is 2.33. The fourth-order valence-electron chi connectivity index (χ4n) is 6.40. The van der Waals surface area contributed by atoms with Crippen LogP contribution in [0.2, 0.25) is 0 Å². The normalized spacial score (nSPS) is 16.8. The number of nitrogens with zero attached hydrogens (tertiary/aromatic N) is 3. The Morgan fingerprint density at radius 1 is 0.891 bits per heavy atom. The highest BCUT2D eigenvalue weighted by molar-refractivity contribution is 5.90. The van der Waals surface area contributed by atoms with Crippen LogP contribution in [0.25, 0.3) is 0 Å². The van der Waals surface area contributed by atoms with E-state index in [1.165, 1.54) is 107 Å². The van der Waals surface area contributed by atoms with E-state index in [-0.39, 0.29) is 37.2 Å². The molecular weight excluding hydrogens is 607 g/mol. The number of unbranched alkanes of at least 4 members (excludes halogenated alkanes) is 15. The number of carbonyl (C=O) groups excluding carboxylic acids is 2. The van der Waals surface area contributed by atoms with Crippen LogP contribution < -0.4 is 27.5 Å². The number of rotatable bonds is 23. The molecule has 1 atom stereocenters. The Labute approximate surface area is 284 Å². The number of carbonyl (C=O) groups is 2. The van der Waals surface area contributed by atoms with Crippen LogP contribution in [0.5, 0.6) is 0 Å². The van der Waals surface area contributed by atoms with Gasteiger partial charge in [0.05, 0.1) is 58.3 Å². The first-order valence-electron chi connectivity index (χ1n) is 18.0. The van der Waals surface area contributed by atoms with Crippen molar-refractivity contribution in [2.75, 3.05) is 76.4 Å². The Kier molecular flexibility index (Phi) is 19.6. The summed E-state index contributed by atoms with van der Waals surface area (Å²) >= 11 is 0. The van der Waals surface area contributed by atoms with Crippen LogP contribution >= 0.6 is 0 Å². The van der Waals surface area contributed by atoms with Gasteiger partial charge in [-0.2, -0.15) is 0 Å². The lowest BCUT2D eigenvalue weighted by Gasteiger charge is -2.29. The third-order valence-corrected chi connectivity index (χ3v) is 9.18. The summed E-state index contributed by atoms with van der Waals surface area (Å²) in [6, 6.07) is 4.83. The second kappa shape index (κ2) is 22.5. The number of nitrogens with one attached hydrogen (secondary N) is 1. The number of amides is 2. The van der Waals surface area contributed by atoms with Crippen LogP contribution in [0.3, 0.4) is 0 Å². The zero-order valence-corrected chi connectivity index (χ0v) is 29.8. The second-order valence-electron chi connectivity index (χ2n) is 13.8. The monoisotopic (exact) mass is 668 g/mol. The summed E-state index contributed by atoms with van der Waals surface area (Å²) in [5, 5.41) is 2.94. The summed E-state index contributed by atoms with van der Waals surface area (Å²) in [5.41, 5.74) is 0.971. The Morgan fingerprint density at radius 3 is 1.98 bits per heavy atom. The number of ether oxygens (including phenoxy) is 2. The molecular formula is C36H62ClFN4O4. The van der Waals surface area contributed by atoms with Crippen molar-refractivity contribution in [3.05, 3.63) is 24.0 Å². The molecule has 8 nitrogen and oxygen atoms in total. The summed E-state index contributed by atoms with van der Waals surface area (Å²) in [6.07, 6.45) is 20.6. The van der Waals surface area contributed by atoms with Crippen LogP contribution in [0.15, 0.2) is 18.2 Å². The minimum atomic E-state index is -0.521. The fraction of sp³-hybridized carbons (Fsp3) is 0.778. The molecule has 2 aliphatic heterocycles. The largest absolute Gasteiger partial charge is 1.00 e. The van der Waals surface area contributed by atoms with Gasteiger partial charge in [0.2, 0.25) is 0 Å². The van der Waals surface area contributed by atoms with Crippen molar-refractivity contribution in [3.63, 3.8) is 0 Å². The lowest BCUT2D eigenvalue weighted by atomic mass is 10.0. The zero-order valence-electron chi connectivity index (χ0n) is 29.0. The maximum absolute atomic E-state index is 14.9. The Morgan fingerprint density at radius 2 is 1.43 bits per heavy atom. The van der Waals surface area contributed by atoms with Crippen LogP contribution in [0.4, 0.5) is 20.6 Å². The molecule has 1 aromatic rings. The third kappa shape index (κ3) is 15.2. The third-order valence-electron chi connectivity index (χ3n) is 9.18. The maximum Gasteiger partial charge on any atom is 0.414 e. The fourth-order valence-corrected chi connectivity index (χ4v) is 6.40. The predicted molar refractivity (Wildman–Crippen MR) is 181 cm³/mol. The van der Waals surface area contributed by atoms with Crippen LogP contribution in [-0.4, -0.2) is 89.2 Å². The van der Waals surface area contributed by atoms with Gasteiger partial charge in [-0.15, -0.1) is 0 Å². The smallest absolute Gasteiger partial charge is 0.414 e. The van der Waals surface area contributed by atoms with Crippen molar-refractivity contribution in [1.29, 1.82) is 0 Å². The number of benzene rings is 1. The molecule has 46 heavy (non-hydrogen) atoms. The van der Waals surface area contributed by atoms with E-state index in [1.54, 1.807) is 12.1 Å². The van der Waals surface area contributed by atoms with Gasteiger partial charge in [-0.1, -0.05) is 96.8 Å². The van der Waals surface area contributed by atoms with Gasteiger partial charge in [-0.05, 0) is 31.0 Å². The number of hydrogen-bond donors (Lipinski definition) is 1. The van der Waals surface area contributed by atoms with Crippen molar-refractivity contribution >= 4 is 23.4 Å². The second-order valence-corrected chi connectivity index (χ2v) is 13.8. The SMILES string of the molecule is CCCCCCCCCCCCCCCCCC[N+](C)(C)CC(=O)NC[C@H]1CN(c2ccc(N3CCOCC3)c(F)c2)C(=O)O1.[Cl-]. The molecule has 1 aromatic carbocycles. The first kappa shape index (κ1) is 40.1. The van der Waals surface area contributed by atoms with E-state index >= 15 is 0 Å². The Balaban J connectivity index is 0.00000736. The molecule has 0 bridgehead atoms. The molecule has 3 rings (SSSR count). The molecule has 0 aromatic heterocycles. The highest BCUT2D eigenvalue weighted by Crippen LogP contribution is 2.28. The van der Waals surface area contributed by atoms with Crippen LogP contribution in [0, 0.1) is 5.82 Å². The number of halogens is 2. The van der Waals surface area contributed by atoms with Gasteiger partial charge in [0.25, 0.3) is 5.91 Å². The molecule has 0 unspecified atom stereocenters. The molecule has 2 fully saturated rings. The minimum absolute atomic E-state index is 0. The quantitative estimate of drug-likeness (QED) is 0.138. The van der Waals surface area contributed by atoms with Crippen molar-refractivity contribution in [1.82, 2.24) is 5.32 Å². The molecule has 0 saturated carbocycles. The molecule has 10 heteroatoms.